The van der Waals surface area contributed by atoms with E-state index in [-0.39, 0.29) is 5.54 Å². The second-order valence-electron chi connectivity index (χ2n) is 6.50. The molecule has 1 saturated carbocycles. The van der Waals surface area contributed by atoms with Gasteiger partial charge in [-0.15, -0.1) is 0 Å². The average molecular weight is 378 g/mol. The third-order valence-corrected chi connectivity index (χ3v) is 5.09. The van der Waals surface area contributed by atoms with E-state index in [9.17, 15) is 0 Å². The van der Waals surface area contributed by atoms with Crippen molar-refractivity contribution in [3.63, 3.8) is 0 Å². The number of anilines is 1. The van der Waals surface area contributed by atoms with E-state index >= 15 is 0 Å². The van der Waals surface area contributed by atoms with Gasteiger partial charge in [-0.3, -0.25) is 4.57 Å². The number of methoxy groups -OCH3 is 1. The zero-order valence-corrected chi connectivity index (χ0v) is 15.4. The molecule has 0 saturated heterocycles. The predicted molar refractivity (Wildman–Crippen MR) is 100 cm³/mol. The fourth-order valence-electron chi connectivity index (χ4n) is 2.95. The SMILES string of the molecule is COc1nc2ccc(Oc3c(Cl)cc(N)cc3Cl)cc2n1C1(C)CC1. The highest BCUT2D eigenvalue weighted by Gasteiger charge is 2.42. The van der Waals surface area contributed by atoms with E-state index in [2.05, 4.69) is 16.5 Å². The lowest BCUT2D eigenvalue weighted by molar-refractivity contribution is 0.339. The number of hydrogen-bond donors (Lipinski definition) is 1. The van der Waals surface area contributed by atoms with Gasteiger partial charge in [0.2, 0.25) is 0 Å². The largest absolute Gasteiger partial charge is 0.468 e. The molecule has 1 aliphatic carbocycles. The van der Waals surface area contributed by atoms with E-state index in [4.69, 9.17) is 38.4 Å². The Morgan fingerprint density at radius 3 is 2.44 bits per heavy atom. The monoisotopic (exact) mass is 377 g/mol. The zero-order chi connectivity index (χ0) is 17.8. The van der Waals surface area contributed by atoms with Crippen LogP contribution in [0.25, 0.3) is 11.0 Å². The van der Waals surface area contributed by atoms with Crippen LogP contribution in [0.5, 0.6) is 17.5 Å². The van der Waals surface area contributed by atoms with E-state index < -0.39 is 0 Å². The first-order valence-electron chi connectivity index (χ1n) is 7.91. The lowest BCUT2D eigenvalue weighted by Gasteiger charge is -2.15. The number of benzene rings is 2. The van der Waals surface area contributed by atoms with Crippen molar-refractivity contribution in [2.75, 3.05) is 12.8 Å². The normalized spacial score (nSPS) is 15.4. The summed E-state index contributed by atoms with van der Waals surface area (Å²) in [5.41, 5.74) is 8.07. The summed E-state index contributed by atoms with van der Waals surface area (Å²) >= 11 is 12.4. The maximum Gasteiger partial charge on any atom is 0.297 e. The fraction of sp³-hybridized carbons (Fsp3) is 0.278. The Labute approximate surface area is 155 Å². The second-order valence-corrected chi connectivity index (χ2v) is 7.31. The van der Waals surface area contributed by atoms with Crippen LogP contribution in [-0.2, 0) is 5.54 Å². The van der Waals surface area contributed by atoms with Gasteiger partial charge >= 0.3 is 0 Å². The fourth-order valence-corrected chi connectivity index (χ4v) is 3.54. The Morgan fingerprint density at radius 2 is 1.84 bits per heavy atom. The summed E-state index contributed by atoms with van der Waals surface area (Å²) in [5, 5.41) is 0.732. The molecule has 130 valence electrons. The number of fused-ring (bicyclic) bond motifs is 1. The molecule has 2 aromatic carbocycles. The molecule has 1 fully saturated rings. The zero-order valence-electron chi connectivity index (χ0n) is 13.8. The summed E-state index contributed by atoms with van der Waals surface area (Å²) in [6, 6.07) is 9.49. The number of hydrogen-bond acceptors (Lipinski definition) is 4. The summed E-state index contributed by atoms with van der Waals surface area (Å²) in [7, 11) is 1.63. The van der Waals surface area contributed by atoms with E-state index in [1.807, 2.05) is 18.2 Å². The standard InChI is InChI=1S/C18H17Cl2N3O2/c1-18(5-6-18)23-15-9-11(3-4-14(15)22-17(23)24-2)25-16-12(19)7-10(21)8-13(16)20/h3-4,7-9H,5-6,21H2,1-2H3. The van der Waals surface area contributed by atoms with E-state index in [1.54, 1.807) is 19.2 Å². The molecular weight excluding hydrogens is 361 g/mol. The number of aromatic nitrogens is 2. The summed E-state index contributed by atoms with van der Waals surface area (Å²) in [4.78, 5) is 4.55. The number of ether oxygens (including phenoxy) is 2. The molecule has 4 rings (SSSR count). The number of nitrogens with two attached hydrogens (primary N) is 1. The molecule has 1 aromatic heterocycles. The third-order valence-electron chi connectivity index (χ3n) is 4.53. The molecule has 0 spiro atoms. The van der Waals surface area contributed by atoms with Crippen molar-refractivity contribution < 1.29 is 9.47 Å². The van der Waals surface area contributed by atoms with Crippen molar-refractivity contribution in [2.24, 2.45) is 0 Å². The highest BCUT2D eigenvalue weighted by molar-refractivity contribution is 6.37. The molecule has 0 aliphatic heterocycles. The van der Waals surface area contributed by atoms with Gasteiger partial charge in [-0.25, -0.2) is 0 Å². The summed E-state index contributed by atoms with van der Waals surface area (Å²) in [6.45, 7) is 2.19. The molecule has 1 heterocycles. The van der Waals surface area contributed by atoms with Crippen LogP contribution in [0.4, 0.5) is 5.69 Å². The lowest BCUT2D eigenvalue weighted by Crippen LogP contribution is -2.13. The van der Waals surface area contributed by atoms with Crippen LogP contribution in [-0.4, -0.2) is 16.7 Å². The smallest absolute Gasteiger partial charge is 0.297 e. The van der Waals surface area contributed by atoms with E-state index in [0.29, 0.717) is 33.2 Å². The summed E-state index contributed by atoms with van der Waals surface area (Å²) in [5.74, 6) is 1.00. The van der Waals surface area contributed by atoms with Crippen molar-refractivity contribution >= 4 is 39.9 Å². The molecule has 5 nitrogen and oxygen atoms in total. The highest BCUT2D eigenvalue weighted by Crippen LogP contribution is 2.48. The van der Waals surface area contributed by atoms with Crippen LogP contribution in [0.1, 0.15) is 19.8 Å². The predicted octanol–water partition coefficient (Wildman–Crippen LogP) is 5.24. The molecular formula is C18H17Cl2N3O2. The van der Waals surface area contributed by atoms with Crippen LogP contribution in [0.2, 0.25) is 10.0 Å². The minimum atomic E-state index is 0.0369. The number of nitrogen functional groups attached to an aromatic ring is 1. The lowest BCUT2D eigenvalue weighted by atomic mass is 10.2. The number of rotatable bonds is 4. The molecule has 7 heteroatoms. The average Bonchev–Trinajstić information content (AvgIpc) is 3.18. The molecule has 0 amide bonds. The van der Waals surface area contributed by atoms with Crippen molar-refractivity contribution in [2.45, 2.75) is 25.3 Å². The number of nitrogens with zero attached hydrogens (tertiary/aromatic N) is 2. The molecule has 1 aliphatic rings. The van der Waals surface area contributed by atoms with Crippen LogP contribution in [0, 0.1) is 0 Å². The Kier molecular flexibility index (Phi) is 3.74. The molecule has 3 aromatic rings. The van der Waals surface area contributed by atoms with Gasteiger partial charge < -0.3 is 15.2 Å². The molecule has 2 N–H and O–H groups in total. The van der Waals surface area contributed by atoms with Crippen molar-refractivity contribution in [1.82, 2.24) is 9.55 Å². The van der Waals surface area contributed by atoms with Crippen molar-refractivity contribution in [3.8, 4) is 17.5 Å². The van der Waals surface area contributed by atoms with Gasteiger partial charge in [-0.1, -0.05) is 23.2 Å². The van der Waals surface area contributed by atoms with Crippen molar-refractivity contribution in [1.29, 1.82) is 0 Å². The molecule has 0 atom stereocenters. The van der Waals surface area contributed by atoms with Crippen LogP contribution >= 0.6 is 23.2 Å². The Hall–Kier alpha value is -2.11. The molecule has 0 bridgehead atoms. The quantitative estimate of drug-likeness (QED) is 0.631. The number of halogens is 2. The maximum atomic E-state index is 6.22. The number of imidazole rings is 1. The Bertz CT molecular complexity index is 957. The van der Waals surface area contributed by atoms with Gasteiger partial charge in [-0.2, -0.15) is 4.98 Å². The first-order valence-corrected chi connectivity index (χ1v) is 8.66. The van der Waals surface area contributed by atoms with Gasteiger partial charge in [0.1, 0.15) is 5.75 Å². The molecule has 25 heavy (non-hydrogen) atoms. The highest BCUT2D eigenvalue weighted by atomic mass is 35.5. The maximum absolute atomic E-state index is 6.22. The second kappa shape index (κ2) is 5.71. The van der Waals surface area contributed by atoms with E-state index in [0.717, 1.165) is 23.9 Å². The van der Waals surface area contributed by atoms with Gasteiger partial charge in [0.15, 0.2) is 5.75 Å². The van der Waals surface area contributed by atoms with Crippen LogP contribution < -0.4 is 15.2 Å². The van der Waals surface area contributed by atoms with Crippen LogP contribution in [0.15, 0.2) is 30.3 Å². The molecule has 0 unspecified atom stereocenters. The Morgan fingerprint density at radius 1 is 1.16 bits per heavy atom. The van der Waals surface area contributed by atoms with Gasteiger partial charge in [0.25, 0.3) is 6.01 Å². The summed E-state index contributed by atoms with van der Waals surface area (Å²) in [6.07, 6.45) is 2.19. The first-order chi connectivity index (χ1) is 11.9. The summed E-state index contributed by atoms with van der Waals surface area (Å²) < 4.78 is 13.5. The minimum absolute atomic E-state index is 0.0369. The molecule has 0 radical (unpaired) electrons. The van der Waals surface area contributed by atoms with Gasteiger partial charge in [0.05, 0.1) is 28.2 Å². The third kappa shape index (κ3) is 2.77. The minimum Gasteiger partial charge on any atom is -0.468 e. The van der Waals surface area contributed by atoms with Crippen molar-refractivity contribution in [3.05, 3.63) is 40.4 Å². The topological polar surface area (TPSA) is 62.3 Å². The van der Waals surface area contributed by atoms with E-state index in [1.165, 1.54) is 0 Å². The van der Waals surface area contributed by atoms with Gasteiger partial charge in [0, 0.05) is 17.3 Å². The first kappa shape index (κ1) is 16.4. The van der Waals surface area contributed by atoms with Gasteiger partial charge in [-0.05, 0) is 44.0 Å². The Balaban J connectivity index is 1.80. The van der Waals surface area contributed by atoms with Crippen LogP contribution in [0.3, 0.4) is 0 Å².